The minimum Gasteiger partial charge on any atom is -0.350 e. The van der Waals surface area contributed by atoms with Crippen molar-refractivity contribution in [3.63, 3.8) is 0 Å². The third-order valence-electron chi connectivity index (χ3n) is 3.73. The lowest BCUT2D eigenvalue weighted by atomic mass is 10.2. The fourth-order valence-electron chi connectivity index (χ4n) is 2.36. The number of hydrogen-bond acceptors (Lipinski definition) is 5. The Labute approximate surface area is 156 Å². The van der Waals surface area contributed by atoms with Gasteiger partial charge in [-0.05, 0) is 55.3 Å². The maximum atomic E-state index is 12.6. The Kier molecular flexibility index (Phi) is 5.43. The fraction of sp³-hybridized carbons (Fsp3) is 0.158. The first-order valence-electron chi connectivity index (χ1n) is 8.07. The summed E-state index contributed by atoms with van der Waals surface area (Å²) in [6.45, 7) is 4.26. The summed E-state index contributed by atoms with van der Waals surface area (Å²) in [5.41, 5.74) is 3.61. The summed E-state index contributed by atoms with van der Waals surface area (Å²) in [7, 11) is 0. The highest BCUT2D eigenvalue weighted by molar-refractivity contribution is 6.31. The van der Waals surface area contributed by atoms with E-state index in [9.17, 15) is 4.79 Å². The first-order valence-corrected chi connectivity index (χ1v) is 8.45. The highest BCUT2D eigenvalue weighted by atomic mass is 35.5. The number of anilines is 2. The molecule has 132 valence electrons. The zero-order valence-corrected chi connectivity index (χ0v) is 15.2. The van der Waals surface area contributed by atoms with Gasteiger partial charge in [-0.1, -0.05) is 17.7 Å². The highest BCUT2D eigenvalue weighted by Crippen LogP contribution is 2.21. The molecule has 3 aromatic rings. The smallest absolute Gasteiger partial charge is 0.274 e. The van der Waals surface area contributed by atoms with Gasteiger partial charge in [0.25, 0.3) is 5.91 Å². The van der Waals surface area contributed by atoms with Crippen molar-refractivity contribution < 1.29 is 4.79 Å². The van der Waals surface area contributed by atoms with Crippen LogP contribution in [0, 0.1) is 13.8 Å². The number of aromatic nitrogens is 3. The molecule has 3 rings (SSSR count). The van der Waals surface area contributed by atoms with Gasteiger partial charge in [0.2, 0.25) is 5.95 Å². The maximum absolute atomic E-state index is 12.6. The van der Waals surface area contributed by atoms with E-state index in [0.29, 0.717) is 28.9 Å². The van der Waals surface area contributed by atoms with Crippen LogP contribution in [-0.2, 0) is 6.54 Å². The zero-order chi connectivity index (χ0) is 18.5. The largest absolute Gasteiger partial charge is 0.350 e. The number of hydrogen-bond donors (Lipinski definition) is 2. The van der Waals surface area contributed by atoms with Crippen LogP contribution in [-0.4, -0.2) is 20.9 Å². The molecular formula is C19H18ClN5O. The van der Waals surface area contributed by atoms with Crippen LogP contribution in [0.25, 0.3) is 0 Å². The second kappa shape index (κ2) is 7.93. The molecule has 7 heteroatoms. The van der Waals surface area contributed by atoms with E-state index in [1.807, 2.05) is 32.0 Å². The third-order valence-corrected chi connectivity index (χ3v) is 3.97. The molecule has 2 heterocycles. The van der Waals surface area contributed by atoms with Gasteiger partial charge < -0.3 is 10.6 Å². The van der Waals surface area contributed by atoms with E-state index < -0.39 is 0 Å². The predicted octanol–water partition coefficient (Wildman–Crippen LogP) is 4.01. The quantitative estimate of drug-likeness (QED) is 0.712. The van der Waals surface area contributed by atoms with Gasteiger partial charge in [0.1, 0.15) is 5.69 Å². The Balaban J connectivity index is 1.76. The molecule has 2 N–H and O–H groups in total. The van der Waals surface area contributed by atoms with Crippen LogP contribution in [0.1, 0.15) is 27.3 Å². The van der Waals surface area contributed by atoms with Gasteiger partial charge in [-0.3, -0.25) is 9.78 Å². The van der Waals surface area contributed by atoms with E-state index in [1.165, 1.54) is 0 Å². The number of amides is 1. The van der Waals surface area contributed by atoms with Crippen molar-refractivity contribution in [2.75, 3.05) is 10.6 Å². The van der Waals surface area contributed by atoms with Crippen LogP contribution in [0.15, 0.2) is 48.8 Å². The summed E-state index contributed by atoms with van der Waals surface area (Å²) < 4.78 is 0. The standard InChI is InChI=1S/C19H18ClN5O/c1-12-3-4-15(20)10-16(12)24-18(26)17-9-13(2)23-19(25-17)22-11-14-5-7-21-8-6-14/h3-10H,11H2,1-2H3,(H,24,26)(H,22,23,25). The van der Waals surface area contributed by atoms with E-state index in [1.54, 1.807) is 30.6 Å². The molecule has 0 spiro atoms. The summed E-state index contributed by atoms with van der Waals surface area (Å²) in [6, 6.07) is 10.8. The minimum atomic E-state index is -0.312. The molecule has 0 unspecified atom stereocenters. The monoisotopic (exact) mass is 367 g/mol. The van der Waals surface area contributed by atoms with Crippen molar-refractivity contribution in [3.8, 4) is 0 Å². The van der Waals surface area contributed by atoms with E-state index in [-0.39, 0.29) is 11.6 Å². The number of pyridine rings is 1. The number of benzene rings is 1. The lowest BCUT2D eigenvalue weighted by Gasteiger charge is -2.10. The van der Waals surface area contributed by atoms with Gasteiger partial charge in [-0.25, -0.2) is 9.97 Å². The van der Waals surface area contributed by atoms with Crippen molar-refractivity contribution >= 4 is 29.1 Å². The van der Waals surface area contributed by atoms with Gasteiger partial charge in [0.15, 0.2) is 0 Å². The summed E-state index contributed by atoms with van der Waals surface area (Å²) >= 11 is 6.00. The summed E-state index contributed by atoms with van der Waals surface area (Å²) in [6.07, 6.45) is 3.45. The second-order valence-corrected chi connectivity index (χ2v) is 6.28. The molecule has 0 atom stereocenters. The molecule has 1 aromatic carbocycles. The molecule has 0 fully saturated rings. The average molecular weight is 368 g/mol. The summed E-state index contributed by atoms with van der Waals surface area (Å²) in [5.74, 6) is 0.0857. The Morgan fingerprint density at radius 3 is 2.62 bits per heavy atom. The molecule has 0 radical (unpaired) electrons. The number of aryl methyl sites for hydroxylation is 2. The number of carbonyl (C=O) groups is 1. The number of rotatable bonds is 5. The zero-order valence-electron chi connectivity index (χ0n) is 14.5. The Morgan fingerprint density at radius 1 is 1.08 bits per heavy atom. The molecule has 0 bridgehead atoms. The number of nitrogens with zero attached hydrogens (tertiary/aromatic N) is 3. The molecule has 0 aliphatic carbocycles. The molecule has 0 saturated carbocycles. The lowest BCUT2D eigenvalue weighted by Crippen LogP contribution is -2.16. The molecule has 1 amide bonds. The molecule has 0 saturated heterocycles. The van der Waals surface area contributed by atoms with Gasteiger partial charge in [0, 0.05) is 35.3 Å². The summed E-state index contributed by atoms with van der Waals surface area (Å²) in [4.78, 5) is 25.2. The number of halogens is 1. The number of nitrogens with one attached hydrogen (secondary N) is 2. The molecular weight excluding hydrogens is 350 g/mol. The Morgan fingerprint density at radius 2 is 1.85 bits per heavy atom. The predicted molar refractivity (Wildman–Crippen MR) is 102 cm³/mol. The van der Waals surface area contributed by atoms with Gasteiger partial charge in [-0.15, -0.1) is 0 Å². The van der Waals surface area contributed by atoms with E-state index in [0.717, 1.165) is 11.1 Å². The normalized spacial score (nSPS) is 10.4. The van der Waals surface area contributed by atoms with Crippen LogP contribution < -0.4 is 10.6 Å². The van der Waals surface area contributed by atoms with Crippen LogP contribution in [0.2, 0.25) is 5.02 Å². The lowest BCUT2D eigenvalue weighted by molar-refractivity contribution is 0.102. The Bertz CT molecular complexity index is 930. The van der Waals surface area contributed by atoms with Crippen LogP contribution in [0.5, 0.6) is 0 Å². The van der Waals surface area contributed by atoms with Crippen molar-refractivity contribution in [1.82, 2.24) is 15.0 Å². The Hall–Kier alpha value is -2.99. The average Bonchev–Trinajstić information content (AvgIpc) is 2.63. The van der Waals surface area contributed by atoms with Gasteiger partial charge in [0.05, 0.1) is 0 Å². The van der Waals surface area contributed by atoms with Crippen molar-refractivity contribution in [1.29, 1.82) is 0 Å². The van der Waals surface area contributed by atoms with Crippen molar-refractivity contribution in [2.45, 2.75) is 20.4 Å². The van der Waals surface area contributed by atoms with Crippen LogP contribution >= 0.6 is 11.6 Å². The van der Waals surface area contributed by atoms with E-state index in [4.69, 9.17) is 11.6 Å². The highest BCUT2D eigenvalue weighted by Gasteiger charge is 2.12. The third kappa shape index (κ3) is 4.55. The molecule has 0 aliphatic rings. The SMILES string of the molecule is Cc1cc(C(=O)Nc2cc(Cl)ccc2C)nc(NCc2ccncc2)n1. The van der Waals surface area contributed by atoms with Crippen LogP contribution in [0.4, 0.5) is 11.6 Å². The first kappa shape index (κ1) is 17.8. The van der Waals surface area contributed by atoms with E-state index >= 15 is 0 Å². The van der Waals surface area contributed by atoms with Crippen LogP contribution in [0.3, 0.4) is 0 Å². The second-order valence-electron chi connectivity index (χ2n) is 5.84. The fourth-order valence-corrected chi connectivity index (χ4v) is 2.53. The van der Waals surface area contributed by atoms with Crippen molar-refractivity contribution in [3.05, 3.63) is 76.3 Å². The first-order chi connectivity index (χ1) is 12.5. The molecule has 6 nitrogen and oxygen atoms in total. The van der Waals surface area contributed by atoms with Crippen molar-refractivity contribution in [2.24, 2.45) is 0 Å². The van der Waals surface area contributed by atoms with E-state index in [2.05, 4.69) is 25.6 Å². The number of carbonyl (C=O) groups excluding carboxylic acids is 1. The summed E-state index contributed by atoms with van der Waals surface area (Å²) in [5, 5.41) is 6.54. The van der Waals surface area contributed by atoms with Gasteiger partial charge >= 0.3 is 0 Å². The molecule has 26 heavy (non-hydrogen) atoms. The van der Waals surface area contributed by atoms with Gasteiger partial charge in [-0.2, -0.15) is 0 Å². The maximum Gasteiger partial charge on any atom is 0.274 e. The minimum absolute atomic E-state index is 0.286. The topological polar surface area (TPSA) is 79.8 Å². The molecule has 2 aromatic heterocycles. The molecule has 0 aliphatic heterocycles.